The molecule has 0 heterocycles. The highest BCUT2D eigenvalue weighted by Crippen LogP contribution is 2.22. The minimum atomic E-state index is -0.362. The van der Waals surface area contributed by atoms with E-state index in [0.717, 1.165) is 0 Å². The highest BCUT2D eigenvalue weighted by atomic mass is 79.9. The average molecular weight is 273 g/mol. The van der Waals surface area contributed by atoms with E-state index in [0.29, 0.717) is 16.7 Å². The van der Waals surface area contributed by atoms with Crippen LogP contribution in [0.3, 0.4) is 0 Å². The monoisotopic (exact) mass is 272 g/mol. The first-order valence-corrected chi connectivity index (χ1v) is 5.03. The first-order chi connectivity index (χ1) is 7.13. The van der Waals surface area contributed by atoms with Gasteiger partial charge in [-0.25, -0.2) is 9.18 Å². The van der Waals surface area contributed by atoms with Gasteiger partial charge < -0.3 is 10.6 Å². The summed E-state index contributed by atoms with van der Waals surface area (Å²) in [4.78, 5) is 11.2. The van der Waals surface area contributed by atoms with Crippen LogP contribution < -0.4 is 10.6 Å². The summed E-state index contributed by atoms with van der Waals surface area (Å²) < 4.78 is 13.2. The number of nitrogens with one attached hydrogen (secondary N) is 2. The van der Waals surface area contributed by atoms with Crippen molar-refractivity contribution in [3.63, 3.8) is 0 Å². The van der Waals surface area contributed by atoms with Gasteiger partial charge in [0, 0.05) is 11.0 Å². The van der Waals surface area contributed by atoms with Gasteiger partial charge in [0.05, 0.1) is 5.69 Å². The molecule has 1 aromatic rings. The lowest BCUT2D eigenvalue weighted by atomic mass is 10.3. The van der Waals surface area contributed by atoms with Crippen LogP contribution in [0.15, 0.2) is 35.3 Å². The Bertz CT molecular complexity index is 382. The molecule has 2 N–H and O–H groups in total. The van der Waals surface area contributed by atoms with Crippen molar-refractivity contribution < 1.29 is 9.18 Å². The number of urea groups is 1. The molecule has 80 valence electrons. The van der Waals surface area contributed by atoms with Crippen LogP contribution in [-0.4, -0.2) is 12.6 Å². The van der Waals surface area contributed by atoms with E-state index in [-0.39, 0.29) is 11.8 Å². The van der Waals surface area contributed by atoms with Crippen LogP contribution in [0.4, 0.5) is 14.9 Å². The summed E-state index contributed by atoms with van der Waals surface area (Å²) in [5.74, 6) is -0.362. The van der Waals surface area contributed by atoms with Gasteiger partial charge in [-0.05, 0) is 34.1 Å². The van der Waals surface area contributed by atoms with Crippen LogP contribution in [0, 0.1) is 5.82 Å². The zero-order valence-electron chi connectivity index (χ0n) is 7.89. The SMILES string of the molecule is C=CCNC(=O)Nc1ccc(F)cc1Br. The molecular weight excluding hydrogens is 263 g/mol. The third-order valence-corrected chi connectivity index (χ3v) is 2.24. The summed E-state index contributed by atoms with van der Waals surface area (Å²) in [5.41, 5.74) is 0.512. The summed E-state index contributed by atoms with van der Waals surface area (Å²) >= 11 is 3.14. The molecule has 0 unspecified atom stereocenters. The summed E-state index contributed by atoms with van der Waals surface area (Å²) in [6, 6.07) is 3.67. The first kappa shape index (κ1) is 11.7. The Morgan fingerprint density at radius 1 is 1.60 bits per heavy atom. The van der Waals surface area contributed by atoms with Gasteiger partial charge >= 0.3 is 6.03 Å². The highest BCUT2D eigenvalue weighted by Gasteiger charge is 2.04. The second-order valence-corrected chi connectivity index (χ2v) is 3.60. The van der Waals surface area contributed by atoms with Crippen molar-refractivity contribution in [1.29, 1.82) is 0 Å². The van der Waals surface area contributed by atoms with Gasteiger partial charge in [-0.2, -0.15) is 0 Å². The Kier molecular flexibility index (Phi) is 4.30. The smallest absolute Gasteiger partial charge is 0.319 e. The number of hydrogen-bond donors (Lipinski definition) is 2. The van der Waals surface area contributed by atoms with Crippen molar-refractivity contribution >= 4 is 27.6 Å². The fourth-order valence-electron chi connectivity index (χ4n) is 0.922. The Labute approximate surface area is 95.5 Å². The molecule has 1 aromatic carbocycles. The summed E-state index contributed by atoms with van der Waals surface area (Å²) in [6.07, 6.45) is 1.57. The van der Waals surface area contributed by atoms with E-state index < -0.39 is 0 Å². The molecule has 15 heavy (non-hydrogen) atoms. The highest BCUT2D eigenvalue weighted by molar-refractivity contribution is 9.10. The molecule has 0 bridgehead atoms. The Morgan fingerprint density at radius 2 is 2.33 bits per heavy atom. The fraction of sp³-hybridized carbons (Fsp3) is 0.100. The first-order valence-electron chi connectivity index (χ1n) is 4.24. The van der Waals surface area contributed by atoms with Gasteiger partial charge in [-0.15, -0.1) is 6.58 Å². The number of halogens is 2. The molecule has 0 atom stereocenters. The number of anilines is 1. The average Bonchev–Trinajstić information content (AvgIpc) is 2.19. The van der Waals surface area contributed by atoms with Crippen molar-refractivity contribution in [2.24, 2.45) is 0 Å². The minimum absolute atomic E-state index is 0.359. The second-order valence-electron chi connectivity index (χ2n) is 2.75. The zero-order chi connectivity index (χ0) is 11.3. The normalized spacial score (nSPS) is 9.47. The van der Waals surface area contributed by atoms with Gasteiger partial charge in [0.2, 0.25) is 0 Å². The van der Waals surface area contributed by atoms with E-state index in [2.05, 4.69) is 33.1 Å². The number of carbonyl (C=O) groups excluding carboxylic acids is 1. The van der Waals surface area contributed by atoms with Crippen molar-refractivity contribution in [2.45, 2.75) is 0 Å². The topological polar surface area (TPSA) is 41.1 Å². The molecule has 5 heteroatoms. The van der Waals surface area contributed by atoms with E-state index in [9.17, 15) is 9.18 Å². The molecule has 2 amide bonds. The molecule has 0 fully saturated rings. The Hall–Kier alpha value is -1.36. The van der Waals surface area contributed by atoms with Crippen molar-refractivity contribution in [2.75, 3.05) is 11.9 Å². The van der Waals surface area contributed by atoms with Crippen LogP contribution in [0.1, 0.15) is 0 Å². The molecule has 3 nitrogen and oxygen atoms in total. The molecule has 0 aliphatic heterocycles. The molecular formula is C10H10BrFN2O. The maximum absolute atomic E-state index is 12.7. The molecule has 0 saturated heterocycles. The van der Waals surface area contributed by atoms with Gasteiger partial charge in [-0.3, -0.25) is 0 Å². The molecule has 0 radical (unpaired) electrons. The van der Waals surface area contributed by atoms with Crippen molar-refractivity contribution in [1.82, 2.24) is 5.32 Å². The number of amides is 2. The van der Waals surface area contributed by atoms with E-state index in [1.807, 2.05) is 0 Å². The maximum atomic E-state index is 12.7. The van der Waals surface area contributed by atoms with Crippen LogP contribution in [0.25, 0.3) is 0 Å². The van der Waals surface area contributed by atoms with Gasteiger partial charge in [-0.1, -0.05) is 6.08 Å². The van der Waals surface area contributed by atoms with Gasteiger partial charge in [0.15, 0.2) is 0 Å². The third kappa shape index (κ3) is 3.71. The predicted octanol–water partition coefficient (Wildman–Crippen LogP) is 2.90. The molecule has 0 spiro atoms. The molecule has 0 saturated carbocycles. The minimum Gasteiger partial charge on any atom is -0.334 e. The third-order valence-electron chi connectivity index (χ3n) is 1.59. The summed E-state index contributed by atoms with van der Waals surface area (Å²) in [6.45, 7) is 3.85. The molecule has 0 aromatic heterocycles. The van der Waals surface area contributed by atoms with Crippen molar-refractivity contribution in [3.8, 4) is 0 Å². The van der Waals surface area contributed by atoms with Gasteiger partial charge in [0.25, 0.3) is 0 Å². The number of rotatable bonds is 3. The largest absolute Gasteiger partial charge is 0.334 e. The number of hydrogen-bond acceptors (Lipinski definition) is 1. The lowest BCUT2D eigenvalue weighted by Gasteiger charge is -2.07. The molecule has 0 aliphatic rings. The zero-order valence-corrected chi connectivity index (χ0v) is 9.47. The predicted molar refractivity (Wildman–Crippen MR) is 61.3 cm³/mol. The number of benzene rings is 1. The van der Waals surface area contributed by atoms with Crippen LogP contribution in [0.2, 0.25) is 0 Å². The van der Waals surface area contributed by atoms with E-state index in [1.165, 1.54) is 18.2 Å². The lowest BCUT2D eigenvalue weighted by Crippen LogP contribution is -2.28. The number of carbonyl (C=O) groups is 1. The van der Waals surface area contributed by atoms with Crippen LogP contribution >= 0.6 is 15.9 Å². The Morgan fingerprint density at radius 3 is 2.93 bits per heavy atom. The standard InChI is InChI=1S/C10H10BrFN2O/c1-2-5-13-10(15)14-9-4-3-7(12)6-8(9)11/h2-4,6H,1,5H2,(H2,13,14,15). The molecule has 1 rings (SSSR count). The summed E-state index contributed by atoms with van der Waals surface area (Å²) in [5, 5.41) is 5.10. The lowest BCUT2D eigenvalue weighted by molar-refractivity contribution is 0.253. The van der Waals surface area contributed by atoms with Crippen molar-refractivity contribution in [3.05, 3.63) is 41.1 Å². The quantitative estimate of drug-likeness (QED) is 0.817. The van der Waals surface area contributed by atoms with E-state index in [4.69, 9.17) is 0 Å². The maximum Gasteiger partial charge on any atom is 0.319 e. The van der Waals surface area contributed by atoms with E-state index in [1.54, 1.807) is 6.08 Å². The van der Waals surface area contributed by atoms with Gasteiger partial charge in [0.1, 0.15) is 5.82 Å². The summed E-state index contributed by atoms with van der Waals surface area (Å²) in [7, 11) is 0. The van der Waals surface area contributed by atoms with Crippen LogP contribution in [0.5, 0.6) is 0 Å². The van der Waals surface area contributed by atoms with E-state index >= 15 is 0 Å². The second kappa shape index (κ2) is 5.50. The van der Waals surface area contributed by atoms with Crippen LogP contribution in [-0.2, 0) is 0 Å². The fourth-order valence-corrected chi connectivity index (χ4v) is 1.37. The Balaban J connectivity index is 2.64. The molecule has 0 aliphatic carbocycles.